The largest absolute Gasteiger partial charge is 0.289 e. The lowest BCUT2D eigenvalue weighted by Crippen LogP contribution is -2.12. The van der Waals surface area contributed by atoms with E-state index in [9.17, 15) is 4.79 Å². The highest BCUT2D eigenvalue weighted by atomic mass is 16.1. The number of allylic oxidation sites excluding steroid dienone is 6. The molecule has 1 rings (SSSR count). The molecule has 0 aromatic rings. The second-order valence-corrected chi connectivity index (χ2v) is 6.25. The molecular weight excluding hydrogens is 220 g/mol. The zero-order valence-electron chi connectivity index (χ0n) is 13.1. The first kappa shape index (κ1) is 14.9. The zero-order valence-corrected chi connectivity index (χ0v) is 13.1. The molecule has 1 heteroatoms. The molecule has 1 aliphatic rings. The van der Waals surface area contributed by atoms with Gasteiger partial charge in [0.15, 0.2) is 5.78 Å². The van der Waals surface area contributed by atoms with Crippen LogP contribution in [0.3, 0.4) is 0 Å². The maximum Gasteiger partial charge on any atom is 0.189 e. The number of Topliss-reactive ketones (excluding diaryl/α,β-unsaturated/α-hetero) is 1. The van der Waals surface area contributed by atoms with Gasteiger partial charge in [-0.25, -0.2) is 0 Å². The van der Waals surface area contributed by atoms with E-state index in [1.807, 2.05) is 13.8 Å². The smallest absolute Gasteiger partial charge is 0.189 e. The highest BCUT2D eigenvalue weighted by molar-refractivity contribution is 6.16. The second kappa shape index (κ2) is 5.26. The van der Waals surface area contributed by atoms with Crippen molar-refractivity contribution < 1.29 is 4.79 Å². The van der Waals surface area contributed by atoms with Gasteiger partial charge in [-0.1, -0.05) is 30.6 Å². The second-order valence-electron chi connectivity index (χ2n) is 6.25. The average molecular weight is 246 g/mol. The molecule has 1 aliphatic carbocycles. The van der Waals surface area contributed by atoms with E-state index in [0.717, 1.165) is 22.3 Å². The number of carbonyl (C=O) groups excluding carboxylic acids is 1. The third kappa shape index (κ3) is 2.36. The van der Waals surface area contributed by atoms with Gasteiger partial charge in [-0.15, -0.1) is 0 Å². The van der Waals surface area contributed by atoms with Gasteiger partial charge in [-0.2, -0.15) is 0 Å². The quantitative estimate of drug-likeness (QED) is 0.604. The van der Waals surface area contributed by atoms with Gasteiger partial charge in [0.25, 0.3) is 0 Å². The van der Waals surface area contributed by atoms with Gasteiger partial charge in [0.2, 0.25) is 0 Å². The molecule has 0 spiro atoms. The van der Waals surface area contributed by atoms with Gasteiger partial charge in [-0.3, -0.25) is 4.79 Å². The first-order valence-electron chi connectivity index (χ1n) is 6.77. The van der Waals surface area contributed by atoms with Gasteiger partial charge >= 0.3 is 0 Å². The van der Waals surface area contributed by atoms with Crippen LogP contribution in [0.25, 0.3) is 0 Å². The van der Waals surface area contributed by atoms with E-state index in [1.54, 1.807) is 0 Å². The average Bonchev–Trinajstić information content (AvgIpc) is 2.51. The number of ketones is 1. The Bertz CT molecular complexity index is 458. The van der Waals surface area contributed by atoms with Crippen LogP contribution in [0.4, 0.5) is 0 Å². The Balaban J connectivity index is 3.68. The van der Waals surface area contributed by atoms with Crippen molar-refractivity contribution in [1.29, 1.82) is 0 Å². The van der Waals surface area contributed by atoms with Crippen LogP contribution in [0.5, 0.6) is 0 Å². The van der Waals surface area contributed by atoms with Crippen LogP contribution in [-0.2, 0) is 4.79 Å². The third-order valence-corrected chi connectivity index (χ3v) is 3.61. The lowest BCUT2D eigenvalue weighted by molar-refractivity contribution is -0.111. The summed E-state index contributed by atoms with van der Waals surface area (Å²) in [6.07, 6.45) is 0. The zero-order chi connectivity index (χ0) is 14.2. The Hall–Kier alpha value is -1.11. The van der Waals surface area contributed by atoms with Crippen LogP contribution in [0.1, 0.15) is 55.4 Å². The van der Waals surface area contributed by atoms with Crippen molar-refractivity contribution in [3.05, 3.63) is 33.4 Å². The van der Waals surface area contributed by atoms with E-state index >= 15 is 0 Å². The fourth-order valence-corrected chi connectivity index (χ4v) is 2.96. The van der Waals surface area contributed by atoms with E-state index in [-0.39, 0.29) is 11.7 Å². The normalized spacial score (nSPS) is 19.9. The Morgan fingerprint density at radius 2 is 1.28 bits per heavy atom. The van der Waals surface area contributed by atoms with Gasteiger partial charge in [0.05, 0.1) is 0 Å². The van der Waals surface area contributed by atoms with E-state index in [4.69, 9.17) is 0 Å². The molecule has 1 unspecified atom stereocenters. The molecule has 1 fully saturated rings. The van der Waals surface area contributed by atoms with E-state index in [2.05, 4.69) is 41.5 Å². The summed E-state index contributed by atoms with van der Waals surface area (Å²) >= 11 is 0. The molecular formula is C17H26O. The molecule has 100 valence electrons. The van der Waals surface area contributed by atoms with Crippen molar-refractivity contribution in [3.8, 4) is 0 Å². The Morgan fingerprint density at radius 1 is 0.833 bits per heavy atom. The molecule has 1 atom stereocenters. The van der Waals surface area contributed by atoms with Crippen molar-refractivity contribution in [1.82, 2.24) is 0 Å². The van der Waals surface area contributed by atoms with Crippen molar-refractivity contribution in [3.63, 3.8) is 0 Å². The maximum absolute atomic E-state index is 12.7. The van der Waals surface area contributed by atoms with Crippen molar-refractivity contribution in [2.75, 3.05) is 0 Å². The number of hydrogen-bond acceptors (Lipinski definition) is 1. The highest BCUT2D eigenvalue weighted by Gasteiger charge is 2.40. The van der Waals surface area contributed by atoms with Crippen LogP contribution in [0, 0.1) is 11.8 Å². The molecule has 0 heterocycles. The molecule has 0 saturated heterocycles. The Kier molecular flexibility index (Phi) is 4.37. The van der Waals surface area contributed by atoms with E-state index in [1.165, 1.54) is 11.1 Å². The number of carbonyl (C=O) groups is 1. The van der Waals surface area contributed by atoms with Crippen LogP contribution < -0.4 is 0 Å². The predicted molar refractivity (Wildman–Crippen MR) is 78.5 cm³/mol. The molecule has 0 bridgehead atoms. The first-order chi connectivity index (χ1) is 8.20. The summed E-state index contributed by atoms with van der Waals surface area (Å²) in [5.74, 6) is 0.989. The summed E-state index contributed by atoms with van der Waals surface area (Å²) in [6, 6.07) is 0. The topological polar surface area (TPSA) is 17.1 Å². The van der Waals surface area contributed by atoms with Gasteiger partial charge in [0, 0.05) is 17.1 Å². The number of rotatable bonds is 1. The Morgan fingerprint density at radius 3 is 1.56 bits per heavy atom. The van der Waals surface area contributed by atoms with Crippen molar-refractivity contribution in [2.45, 2.75) is 55.4 Å². The van der Waals surface area contributed by atoms with E-state index < -0.39 is 0 Å². The van der Waals surface area contributed by atoms with Gasteiger partial charge in [0.1, 0.15) is 0 Å². The minimum Gasteiger partial charge on any atom is -0.289 e. The molecule has 0 amide bonds. The predicted octanol–water partition coefficient (Wildman–Crippen LogP) is 4.85. The van der Waals surface area contributed by atoms with Crippen LogP contribution in [0.2, 0.25) is 0 Å². The molecule has 0 N–H and O–H groups in total. The summed E-state index contributed by atoms with van der Waals surface area (Å²) < 4.78 is 0. The monoisotopic (exact) mass is 246 g/mol. The number of hydrogen-bond donors (Lipinski definition) is 0. The standard InChI is InChI=1S/C17H26O/c1-9(2)13-14(10(3)4)16(12(7)8)17(18)15(13)11(5)6/h9,13H,1-8H3. The lowest BCUT2D eigenvalue weighted by Gasteiger charge is -2.20. The van der Waals surface area contributed by atoms with Crippen molar-refractivity contribution in [2.24, 2.45) is 11.8 Å². The minimum absolute atomic E-state index is 0.255. The third-order valence-electron chi connectivity index (χ3n) is 3.61. The summed E-state index contributed by atoms with van der Waals surface area (Å²) in [5.41, 5.74) is 6.83. The molecule has 0 radical (unpaired) electrons. The Labute approximate surface area is 112 Å². The summed E-state index contributed by atoms with van der Waals surface area (Å²) in [5, 5.41) is 0. The fourth-order valence-electron chi connectivity index (χ4n) is 2.96. The molecule has 18 heavy (non-hydrogen) atoms. The first-order valence-corrected chi connectivity index (χ1v) is 6.77. The van der Waals surface area contributed by atoms with Crippen LogP contribution in [0.15, 0.2) is 33.4 Å². The fraction of sp³-hybridized carbons (Fsp3) is 0.588. The maximum atomic E-state index is 12.7. The van der Waals surface area contributed by atoms with E-state index in [0.29, 0.717) is 5.92 Å². The van der Waals surface area contributed by atoms with Crippen LogP contribution in [-0.4, -0.2) is 5.78 Å². The summed E-state index contributed by atoms with van der Waals surface area (Å²) in [7, 11) is 0. The molecule has 0 aromatic carbocycles. The lowest BCUT2D eigenvalue weighted by atomic mass is 9.83. The molecule has 1 saturated carbocycles. The summed E-state index contributed by atoms with van der Waals surface area (Å²) in [6.45, 7) is 16.8. The summed E-state index contributed by atoms with van der Waals surface area (Å²) in [4.78, 5) is 12.7. The SMILES string of the molecule is CC(C)=C1C(=O)C(=C(C)C)C(C(C)C)C1=C(C)C. The van der Waals surface area contributed by atoms with Gasteiger partial charge < -0.3 is 0 Å². The molecule has 0 aromatic heterocycles. The van der Waals surface area contributed by atoms with Gasteiger partial charge in [-0.05, 0) is 53.0 Å². The molecule has 0 aliphatic heterocycles. The van der Waals surface area contributed by atoms with Crippen molar-refractivity contribution >= 4 is 5.78 Å². The minimum atomic E-state index is 0.255. The van der Waals surface area contributed by atoms with Crippen LogP contribution >= 0.6 is 0 Å². The highest BCUT2D eigenvalue weighted by Crippen LogP contribution is 2.45. The molecule has 1 nitrogen and oxygen atoms in total.